The Balaban J connectivity index is 3.11. The third-order valence-corrected chi connectivity index (χ3v) is 2.48. The van der Waals surface area contributed by atoms with Crippen molar-refractivity contribution in [1.29, 1.82) is 0 Å². The van der Waals surface area contributed by atoms with Crippen molar-refractivity contribution in [3.8, 4) is 11.8 Å². The molecule has 0 bridgehead atoms. The van der Waals surface area contributed by atoms with Crippen molar-refractivity contribution >= 4 is 5.91 Å². The molecule has 4 nitrogen and oxygen atoms in total. The molecule has 0 aliphatic carbocycles. The molecule has 0 aliphatic rings. The van der Waals surface area contributed by atoms with Gasteiger partial charge in [-0.2, -0.15) is 0 Å². The minimum atomic E-state index is -1.05. The average Bonchev–Trinajstić information content (AvgIpc) is 2.34. The van der Waals surface area contributed by atoms with E-state index in [4.69, 9.17) is 5.11 Å². The lowest BCUT2D eigenvalue weighted by atomic mass is 10.0. The van der Waals surface area contributed by atoms with Gasteiger partial charge in [0, 0.05) is 19.2 Å². The minimum Gasteiger partial charge on any atom is -0.389 e. The fraction of sp³-hybridized carbons (Fsp3) is 0.400. The van der Waals surface area contributed by atoms with Crippen LogP contribution < -0.4 is 0 Å². The van der Waals surface area contributed by atoms with E-state index in [2.05, 4.69) is 11.8 Å². The summed E-state index contributed by atoms with van der Waals surface area (Å²) in [5.74, 6) is 4.06. The predicted octanol–water partition coefficient (Wildman–Crippen LogP) is 1.01. The van der Waals surface area contributed by atoms with Gasteiger partial charge in [-0.1, -0.05) is 11.8 Å². The molecule has 0 spiro atoms. The van der Waals surface area contributed by atoms with Crippen LogP contribution in [0.5, 0.6) is 0 Å². The lowest BCUT2D eigenvalue weighted by Gasteiger charge is -2.26. The molecule has 0 saturated heterocycles. The molecule has 5 heteroatoms. The van der Waals surface area contributed by atoms with Crippen LogP contribution in [0, 0.1) is 17.7 Å². The zero-order valence-electron chi connectivity index (χ0n) is 11.8. The minimum absolute atomic E-state index is 0.106. The summed E-state index contributed by atoms with van der Waals surface area (Å²) in [5, 5.41) is 18.4. The van der Waals surface area contributed by atoms with Gasteiger partial charge in [-0.3, -0.25) is 4.79 Å². The maximum atomic E-state index is 13.3. The van der Waals surface area contributed by atoms with Crippen LogP contribution in [0.1, 0.15) is 29.8 Å². The molecule has 20 heavy (non-hydrogen) atoms. The molecule has 108 valence electrons. The second-order valence-corrected chi connectivity index (χ2v) is 5.12. The van der Waals surface area contributed by atoms with Gasteiger partial charge in [0.05, 0.1) is 11.2 Å². The lowest BCUT2D eigenvalue weighted by Crippen LogP contribution is -2.40. The Morgan fingerprint density at radius 2 is 2.10 bits per heavy atom. The molecule has 0 aliphatic heterocycles. The predicted molar refractivity (Wildman–Crippen MR) is 73.6 cm³/mol. The van der Waals surface area contributed by atoms with Crippen LogP contribution in [0.25, 0.3) is 0 Å². The zero-order valence-corrected chi connectivity index (χ0v) is 11.8. The molecule has 0 unspecified atom stereocenters. The smallest absolute Gasteiger partial charge is 0.255 e. The first-order valence-corrected chi connectivity index (χ1v) is 6.12. The maximum Gasteiger partial charge on any atom is 0.255 e. The van der Waals surface area contributed by atoms with Crippen molar-refractivity contribution in [3.05, 3.63) is 35.1 Å². The van der Waals surface area contributed by atoms with Gasteiger partial charge in [-0.05, 0) is 32.0 Å². The van der Waals surface area contributed by atoms with E-state index in [0.717, 1.165) is 6.07 Å². The number of amides is 1. The molecule has 1 aromatic rings. The number of hydrogen-bond donors (Lipinski definition) is 2. The number of carbonyl (C=O) groups excluding carboxylic acids is 1. The molecule has 1 amide bonds. The highest BCUT2D eigenvalue weighted by molar-refractivity contribution is 5.96. The van der Waals surface area contributed by atoms with Crippen LogP contribution in [0.3, 0.4) is 0 Å². The Bertz CT molecular complexity index is 552. The Hall–Kier alpha value is -1.90. The third-order valence-electron chi connectivity index (χ3n) is 2.48. The summed E-state index contributed by atoms with van der Waals surface area (Å²) in [6.45, 7) is 2.92. The fourth-order valence-electron chi connectivity index (χ4n) is 1.80. The summed E-state index contributed by atoms with van der Waals surface area (Å²) < 4.78 is 13.3. The van der Waals surface area contributed by atoms with Crippen molar-refractivity contribution in [2.24, 2.45) is 0 Å². The van der Waals surface area contributed by atoms with Crippen LogP contribution >= 0.6 is 0 Å². The SMILES string of the molecule is CN(CC(C)(C)O)C(=O)c1cc(F)ccc1C#CCO. The number of nitrogens with zero attached hydrogens (tertiary/aromatic N) is 1. The van der Waals surface area contributed by atoms with Crippen LogP contribution in [-0.4, -0.2) is 46.8 Å². The standard InChI is InChI=1S/C15H18FNO3/c1-15(2,20)10-17(3)14(19)13-9-12(16)7-6-11(13)5-4-8-18/h6-7,9,18,20H,8,10H2,1-3H3. The maximum absolute atomic E-state index is 13.3. The van der Waals surface area contributed by atoms with E-state index in [1.807, 2.05) is 0 Å². The van der Waals surface area contributed by atoms with Crippen molar-refractivity contribution < 1.29 is 19.4 Å². The van der Waals surface area contributed by atoms with Crippen LogP contribution in [0.2, 0.25) is 0 Å². The molecule has 0 saturated carbocycles. The first kappa shape index (κ1) is 16.2. The van der Waals surface area contributed by atoms with Gasteiger partial charge >= 0.3 is 0 Å². The highest BCUT2D eigenvalue weighted by atomic mass is 19.1. The molecule has 0 radical (unpaired) electrons. The Labute approximate surface area is 117 Å². The second kappa shape index (κ2) is 6.51. The number of aliphatic hydroxyl groups is 2. The Kier molecular flexibility index (Phi) is 5.26. The van der Waals surface area contributed by atoms with E-state index in [1.165, 1.54) is 24.1 Å². The van der Waals surface area contributed by atoms with Gasteiger partial charge in [0.15, 0.2) is 0 Å². The topological polar surface area (TPSA) is 60.8 Å². The number of benzene rings is 1. The number of carbonyl (C=O) groups is 1. The van der Waals surface area contributed by atoms with Crippen molar-refractivity contribution in [1.82, 2.24) is 4.90 Å². The van der Waals surface area contributed by atoms with E-state index in [-0.39, 0.29) is 18.7 Å². The largest absolute Gasteiger partial charge is 0.389 e. The normalized spacial score (nSPS) is 10.7. The van der Waals surface area contributed by atoms with E-state index in [9.17, 15) is 14.3 Å². The van der Waals surface area contributed by atoms with Crippen LogP contribution in [0.4, 0.5) is 4.39 Å². The summed E-state index contributed by atoms with van der Waals surface area (Å²) in [6.07, 6.45) is 0. The number of rotatable bonds is 3. The number of halogens is 1. The molecule has 0 fully saturated rings. The van der Waals surface area contributed by atoms with Gasteiger partial charge in [-0.15, -0.1) is 0 Å². The molecular formula is C15H18FNO3. The molecule has 1 aromatic carbocycles. The average molecular weight is 279 g/mol. The highest BCUT2D eigenvalue weighted by Crippen LogP contribution is 2.14. The van der Waals surface area contributed by atoms with Crippen LogP contribution in [-0.2, 0) is 0 Å². The Morgan fingerprint density at radius 1 is 1.45 bits per heavy atom. The summed E-state index contributed by atoms with van der Waals surface area (Å²) in [5.41, 5.74) is -0.597. The van der Waals surface area contributed by atoms with Gasteiger partial charge in [-0.25, -0.2) is 4.39 Å². The lowest BCUT2D eigenvalue weighted by molar-refractivity contribution is 0.0367. The van der Waals surface area contributed by atoms with Gasteiger partial charge in [0.25, 0.3) is 5.91 Å². The summed E-state index contributed by atoms with van der Waals surface area (Å²) >= 11 is 0. The fourth-order valence-corrected chi connectivity index (χ4v) is 1.80. The molecule has 1 rings (SSSR count). The van der Waals surface area contributed by atoms with Crippen LogP contribution in [0.15, 0.2) is 18.2 Å². The number of hydrogen-bond acceptors (Lipinski definition) is 3. The zero-order chi connectivity index (χ0) is 15.3. The molecule has 0 heterocycles. The third kappa shape index (κ3) is 4.65. The number of aliphatic hydroxyl groups excluding tert-OH is 1. The first-order chi connectivity index (χ1) is 9.24. The van der Waals surface area contributed by atoms with E-state index >= 15 is 0 Å². The van der Waals surface area contributed by atoms with E-state index < -0.39 is 17.3 Å². The summed E-state index contributed by atoms with van der Waals surface area (Å²) in [7, 11) is 1.52. The number of likely N-dealkylation sites (N-methyl/N-ethyl adjacent to an activating group) is 1. The van der Waals surface area contributed by atoms with Gasteiger partial charge in [0.2, 0.25) is 0 Å². The van der Waals surface area contributed by atoms with E-state index in [0.29, 0.717) is 5.56 Å². The van der Waals surface area contributed by atoms with Gasteiger partial charge < -0.3 is 15.1 Å². The van der Waals surface area contributed by atoms with E-state index in [1.54, 1.807) is 13.8 Å². The van der Waals surface area contributed by atoms with Crippen molar-refractivity contribution in [2.75, 3.05) is 20.2 Å². The van der Waals surface area contributed by atoms with Gasteiger partial charge in [0.1, 0.15) is 12.4 Å². The molecule has 2 N–H and O–H groups in total. The monoisotopic (exact) mass is 279 g/mol. The second-order valence-electron chi connectivity index (χ2n) is 5.12. The molecular weight excluding hydrogens is 261 g/mol. The highest BCUT2D eigenvalue weighted by Gasteiger charge is 2.22. The molecule has 0 aromatic heterocycles. The van der Waals surface area contributed by atoms with Crippen molar-refractivity contribution in [2.45, 2.75) is 19.4 Å². The quantitative estimate of drug-likeness (QED) is 0.812. The summed E-state index contributed by atoms with van der Waals surface area (Å²) in [6, 6.07) is 3.70. The first-order valence-electron chi connectivity index (χ1n) is 6.12. The van der Waals surface area contributed by atoms with Crippen molar-refractivity contribution in [3.63, 3.8) is 0 Å². The molecule has 0 atom stereocenters. The Morgan fingerprint density at radius 3 is 2.65 bits per heavy atom. The summed E-state index contributed by atoms with van der Waals surface area (Å²) in [4.78, 5) is 13.6.